The van der Waals surface area contributed by atoms with Crippen LogP contribution in [0.5, 0.6) is 0 Å². The lowest BCUT2D eigenvalue weighted by Crippen LogP contribution is -2.23. The smallest absolute Gasteiger partial charge is 0.316 e. The summed E-state index contributed by atoms with van der Waals surface area (Å²) in [6, 6.07) is 16.2. The second-order valence-corrected chi connectivity index (χ2v) is 8.11. The zero-order valence-electron chi connectivity index (χ0n) is 18.6. The molecular weight excluding hydrogens is 406 g/mol. The van der Waals surface area contributed by atoms with Gasteiger partial charge in [0.15, 0.2) is 5.76 Å². The van der Waals surface area contributed by atoms with Crippen molar-refractivity contribution in [2.45, 2.75) is 44.9 Å². The molecule has 1 saturated carbocycles. The first kappa shape index (κ1) is 21.8. The van der Waals surface area contributed by atoms with Crippen LogP contribution in [0, 0.1) is 6.92 Å². The fraction of sp³-hybridized carbons (Fsp3) is 0.346. The van der Waals surface area contributed by atoms with Crippen molar-refractivity contribution in [3.63, 3.8) is 0 Å². The second-order valence-electron chi connectivity index (χ2n) is 8.11. The number of esters is 2. The summed E-state index contributed by atoms with van der Waals surface area (Å²) in [7, 11) is 1.39. The van der Waals surface area contributed by atoms with Gasteiger partial charge in [-0.25, -0.2) is 0 Å². The Balaban J connectivity index is 1.52. The van der Waals surface area contributed by atoms with E-state index < -0.39 is 5.41 Å². The van der Waals surface area contributed by atoms with Gasteiger partial charge in [0.2, 0.25) is 0 Å². The Kier molecular flexibility index (Phi) is 6.12. The zero-order valence-corrected chi connectivity index (χ0v) is 18.6. The SMILES string of the molecule is CCOC(=O)C1(c2ccc(-c3ccc(-c4onc(C)c4CCC(=O)OC)cc3)cc2)CC1. The third kappa shape index (κ3) is 4.17. The molecule has 0 aliphatic heterocycles. The van der Waals surface area contributed by atoms with Crippen molar-refractivity contribution in [1.82, 2.24) is 5.16 Å². The number of aryl methyl sites for hydroxylation is 1. The van der Waals surface area contributed by atoms with Crippen molar-refractivity contribution in [2.24, 2.45) is 0 Å². The molecule has 0 N–H and O–H groups in total. The summed E-state index contributed by atoms with van der Waals surface area (Å²) in [4.78, 5) is 23.9. The molecule has 3 aromatic rings. The van der Waals surface area contributed by atoms with E-state index in [1.807, 2.05) is 62.4 Å². The molecule has 6 heteroatoms. The highest BCUT2D eigenvalue weighted by atomic mass is 16.5. The van der Waals surface area contributed by atoms with Gasteiger partial charge in [-0.15, -0.1) is 0 Å². The van der Waals surface area contributed by atoms with Crippen LogP contribution in [0.25, 0.3) is 22.5 Å². The lowest BCUT2D eigenvalue weighted by atomic mass is 9.93. The summed E-state index contributed by atoms with van der Waals surface area (Å²) < 4.78 is 15.6. The molecule has 0 radical (unpaired) electrons. The summed E-state index contributed by atoms with van der Waals surface area (Å²) >= 11 is 0. The van der Waals surface area contributed by atoms with Crippen molar-refractivity contribution in [2.75, 3.05) is 13.7 Å². The van der Waals surface area contributed by atoms with Crippen molar-refractivity contribution >= 4 is 11.9 Å². The average Bonchev–Trinajstić information content (AvgIpc) is 3.56. The van der Waals surface area contributed by atoms with Crippen LogP contribution < -0.4 is 0 Å². The van der Waals surface area contributed by atoms with Crippen molar-refractivity contribution in [1.29, 1.82) is 0 Å². The molecule has 2 aromatic carbocycles. The number of nitrogens with zero attached hydrogens (tertiary/aromatic N) is 1. The first-order valence-corrected chi connectivity index (χ1v) is 10.9. The van der Waals surface area contributed by atoms with Gasteiger partial charge in [0.1, 0.15) is 0 Å². The minimum atomic E-state index is -0.455. The van der Waals surface area contributed by atoms with Crippen LogP contribution in [0.4, 0.5) is 0 Å². The molecule has 0 saturated heterocycles. The van der Waals surface area contributed by atoms with Crippen LogP contribution >= 0.6 is 0 Å². The van der Waals surface area contributed by atoms with E-state index in [2.05, 4.69) is 5.16 Å². The number of hydrogen-bond acceptors (Lipinski definition) is 6. The Hall–Kier alpha value is -3.41. The average molecular weight is 434 g/mol. The largest absolute Gasteiger partial charge is 0.469 e. The molecule has 0 spiro atoms. The maximum atomic E-state index is 12.3. The lowest BCUT2D eigenvalue weighted by molar-refractivity contribution is -0.146. The normalized spacial score (nSPS) is 14.1. The highest BCUT2D eigenvalue weighted by Gasteiger charge is 2.52. The maximum absolute atomic E-state index is 12.3. The van der Waals surface area contributed by atoms with E-state index in [9.17, 15) is 9.59 Å². The Morgan fingerprint density at radius 3 is 2.16 bits per heavy atom. The van der Waals surface area contributed by atoms with Crippen LogP contribution in [-0.4, -0.2) is 30.8 Å². The molecule has 0 bridgehead atoms. The second kappa shape index (κ2) is 8.99. The van der Waals surface area contributed by atoms with Crippen molar-refractivity contribution in [3.05, 3.63) is 65.4 Å². The number of ether oxygens (including phenoxy) is 2. The molecule has 0 atom stereocenters. The Morgan fingerprint density at radius 2 is 1.59 bits per heavy atom. The Labute approximate surface area is 187 Å². The molecule has 32 heavy (non-hydrogen) atoms. The number of aromatic nitrogens is 1. The van der Waals surface area contributed by atoms with Gasteiger partial charge in [0.25, 0.3) is 0 Å². The number of methoxy groups -OCH3 is 1. The molecule has 6 nitrogen and oxygen atoms in total. The van der Waals surface area contributed by atoms with E-state index in [0.717, 1.165) is 46.4 Å². The summed E-state index contributed by atoms with van der Waals surface area (Å²) in [5.41, 5.74) is 5.30. The van der Waals surface area contributed by atoms with Gasteiger partial charge in [-0.05, 0) is 49.8 Å². The van der Waals surface area contributed by atoms with Gasteiger partial charge in [-0.2, -0.15) is 0 Å². The topological polar surface area (TPSA) is 78.6 Å². The predicted molar refractivity (Wildman–Crippen MR) is 120 cm³/mol. The molecule has 1 heterocycles. The summed E-state index contributed by atoms with van der Waals surface area (Å²) in [5, 5.41) is 4.08. The van der Waals surface area contributed by atoms with Crippen LogP contribution in [0.2, 0.25) is 0 Å². The van der Waals surface area contributed by atoms with Crippen molar-refractivity contribution < 1.29 is 23.6 Å². The van der Waals surface area contributed by atoms with E-state index >= 15 is 0 Å². The molecule has 0 amide bonds. The van der Waals surface area contributed by atoms with Gasteiger partial charge in [0, 0.05) is 17.5 Å². The monoisotopic (exact) mass is 433 g/mol. The van der Waals surface area contributed by atoms with E-state index in [-0.39, 0.29) is 18.4 Å². The third-order valence-electron chi connectivity index (χ3n) is 6.13. The first-order valence-electron chi connectivity index (χ1n) is 10.9. The van der Waals surface area contributed by atoms with Crippen LogP contribution in [0.1, 0.15) is 43.0 Å². The molecule has 166 valence electrons. The Bertz CT molecular complexity index is 1110. The van der Waals surface area contributed by atoms with E-state index in [4.69, 9.17) is 14.0 Å². The number of hydrogen-bond donors (Lipinski definition) is 0. The summed E-state index contributed by atoms with van der Waals surface area (Å²) in [5.74, 6) is 0.298. The van der Waals surface area contributed by atoms with Gasteiger partial charge in [-0.3, -0.25) is 9.59 Å². The van der Waals surface area contributed by atoms with Crippen LogP contribution in [0.3, 0.4) is 0 Å². The van der Waals surface area contributed by atoms with E-state index in [1.165, 1.54) is 7.11 Å². The third-order valence-corrected chi connectivity index (χ3v) is 6.13. The Morgan fingerprint density at radius 1 is 1.00 bits per heavy atom. The van der Waals surface area contributed by atoms with Gasteiger partial charge >= 0.3 is 11.9 Å². The van der Waals surface area contributed by atoms with E-state index in [1.54, 1.807) is 0 Å². The lowest BCUT2D eigenvalue weighted by Gasteiger charge is -2.14. The highest BCUT2D eigenvalue weighted by molar-refractivity contribution is 5.87. The quantitative estimate of drug-likeness (QED) is 0.464. The molecule has 1 fully saturated rings. The number of carbonyl (C=O) groups excluding carboxylic acids is 2. The number of carbonyl (C=O) groups is 2. The fourth-order valence-corrected chi connectivity index (χ4v) is 4.04. The molecule has 1 aromatic heterocycles. The molecule has 0 unspecified atom stereocenters. The molecule has 1 aliphatic carbocycles. The first-order chi connectivity index (χ1) is 15.5. The highest BCUT2D eigenvalue weighted by Crippen LogP contribution is 2.49. The molecule has 1 aliphatic rings. The minimum absolute atomic E-state index is 0.123. The maximum Gasteiger partial charge on any atom is 0.316 e. The van der Waals surface area contributed by atoms with Crippen molar-refractivity contribution in [3.8, 4) is 22.5 Å². The predicted octanol–water partition coefficient (Wildman–Crippen LogP) is 5.02. The summed E-state index contributed by atoms with van der Waals surface area (Å²) in [6.07, 6.45) is 2.48. The van der Waals surface area contributed by atoms with Gasteiger partial charge in [-0.1, -0.05) is 53.7 Å². The molecular formula is C26H27NO5. The fourth-order valence-electron chi connectivity index (χ4n) is 4.04. The van der Waals surface area contributed by atoms with E-state index in [0.29, 0.717) is 18.8 Å². The van der Waals surface area contributed by atoms with Gasteiger partial charge in [0.05, 0.1) is 24.8 Å². The van der Waals surface area contributed by atoms with Crippen LogP contribution in [-0.2, 0) is 30.9 Å². The van der Waals surface area contributed by atoms with Gasteiger partial charge < -0.3 is 14.0 Å². The molecule has 4 rings (SSSR count). The number of rotatable bonds is 8. The minimum Gasteiger partial charge on any atom is -0.469 e. The van der Waals surface area contributed by atoms with Crippen LogP contribution in [0.15, 0.2) is 53.1 Å². The summed E-state index contributed by atoms with van der Waals surface area (Å²) in [6.45, 7) is 4.11. The standard InChI is InChI=1S/C26H27NO5/c1-4-31-25(29)26(15-16-26)21-11-9-19(10-12-21)18-5-7-20(8-6-18)24-22(17(2)27-32-24)13-14-23(28)30-3/h5-12H,4,13-16H2,1-3H3. The number of benzene rings is 2. The zero-order chi connectivity index (χ0) is 22.7.